The lowest BCUT2D eigenvalue weighted by Gasteiger charge is -2.26. The molecule has 1 saturated heterocycles. The minimum atomic E-state index is -3.39. The second kappa shape index (κ2) is 6.07. The van der Waals surface area contributed by atoms with Gasteiger partial charge in [0.2, 0.25) is 10.0 Å². The van der Waals surface area contributed by atoms with Crippen LogP contribution in [0.25, 0.3) is 0 Å². The summed E-state index contributed by atoms with van der Waals surface area (Å²) in [6.45, 7) is 7.85. The van der Waals surface area contributed by atoms with Crippen molar-refractivity contribution >= 4 is 10.0 Å². The Balaban J connectivity index is 2.31. The molecule has 1 fully saturated rings. The van der Waals surface area contributed by atoms with Crippen molar-refractivity contribution in [2.45, 2.75) is 51.5 Å². The predicted octanol–water partition coefficient (Wildman–Crippen LogP) is 2.65. The lowest BCUT2D eigenvalue weighted by Crippen LogP contribution is -2.32. The van der Waals surface area contributed by atoms with E-state index in [1.165, 1.54) is 0 Å². The van der Waals surface area contributed by atoms with Gasteiger partial charge in [0.05, 0.1) is 4.90 Å². The van der Waals surface area contributed by atoms with Crippen molar-refractivity contribution in [2.24, 2.45) is 11.1 Å². The van der Waals surface area contributed by atoms with E-state index in [1.54, 1.807) is 10.4 Å². The summed E-state index contributed by atoms with van der Waals surface area (Å²) in [6.07, 6.45) is 3.01. The Morgan fingerprint density at radius 3 is 2.43 bits per heavy atom. The van der Waals surface area contributed by atoms with Crippen molar-refractivity contribution in [2.75, 3.05) is 13.1 Å². The standard InChI is InChI=1S/C16H26N2O2S/c1-4-16(5-2)8-9-18(12-16)21(19,20)15-7-6-14(11-17)10-13(15)3/h6-7,10H,4-5,8-9,11-12,17H2,1-3H3. The average molecular weight is 310 g/mol. The number of aryl methyl sites for hydroxylation is 1. The molecule has 4 nitrogen and oxygen atoms in total. The van der Waals surface area contributed by atoms with Gasteiger partial charge >= 0.3 is 0 Å². The van der Waals surface area contributed by atoms with Crippen molar-refractivity contribution in [3.8, 4) is 0 Å². The third-order valence-corrected chi connectivity index (χ3v) is 7.00. The van der Waals surface area contributed by atoms with Gasteiger partial charge in [0, 0.05) is 19.6 Å². The smallest absolute Gasteiger partial charge is 0.243 e. The van der Waals surface area contributed by atoms with E-state index in [9.17, 15) is 8.42 Å². The van der Waals surface area contributed by atoms with Crippen LogP contribution in [0.15, 0.2) is 23.1 Å². The number of rotatable bonds is 5. The number of hydrogen-bond acceptors (Lipinski definition) is 3. The Morgan fingerprint density at radius 2 is 1.95 bits per heavy atom. The van der Waals surface area contributed by atoms with Crippen LogP contribution in [-0.2, 0) is 16.6 Å². The van der Waals surface area contributed by atoms with Crippen LogP contribution in [0, 0.1) is 12.3 Å². The zero-order chi connectivity index (χ0) is 15.7. The molecule has 1 heterocycles. The highest BCUT2D eigenvalue weighted by Gasteiger charge is 2.40. The van der Waals surface area contributed by atoms with Gasteiger partial charge in [-0.1, -0.05) is 26.0 Å². The molecule has 0 aliphatic carbocycles. The van der Waals surface area contributed by atoms with Gasteiger partial charge in [0.15, 0.2) is 0 Å². The summed E-state index contributed by atoms with van der Waals surface area (Å²) in [5.41, 5.74) is 7.51. The molecular weight excluding hydrogens is 284 g/mol. The van der Waals surface area contributed by atoms with Gasteiger partial charge < -0.3 is 5.73 Å². The maximum Gasteiger partial charge on any atom is 0.243 e. The molecule has 21 heavy (non-hydrogen) atoms. The Bertz CT molecular complexity index is 607. The Labute approximate surface area is 128 Å². The Morgan fingerprint density at radius 1 is 1.29 bits per heavy atom. The first-order valence-electron chi connectivity index (χ1n) is 7.68. The second-order valence-corrected chi connectivity index (χ2v) is 8.01. The van der Waals surface area contributed by atoms with Crippen LogP contribution in [0.4, 0.5) is 0 Å². The number of benzene rings is 1. The molecule has 1 aromatic carbocycles. The molecule has 0 atom stereocenters. The molecule has 0 amide bonds. The van der Waals surface area contributed by atoms with Gasteiger partial charge in [-0.3, -0.25) is 0 Å². The average Bonchev–Trinajstić information content (AvgIpc) is 2.92. The summed E-state index contributed by atoms with van der Waals surface area (Å²) >= 11 is 0. The molecule has 1 aliphatic heterocycles. The monoisotopic (exact) mass is 310 g/mol. The van der Waals surface area contributed by atoms with E-state index < -0.39 is 10.0 Å². The first-order chi connectivity index (χ1) is 9.88. The first-order valence-corrected chi connectivity index (χ1v) is 9.12. The molecular formula is C16H26N2O2S. The number of sulfonamides is 1. The number of nitrogens with two attached hydrogens (primary N) is 1. The highest BCUT2D eigenvalue weighted by molar-refractivity contribution is 7.89. The van der Waals surface area contributed by atoms with E-state index in [0.29, 0.717) is 24.5 Å². The third kappa shape index (κ3) is 3.00. The summed E-state index contributed by atoms with van der Waals surface area (Å²) in [6, 6.07) is 5.38. The normalized spacial score (nSPS) is 19.0. The van der Waals surface area contributed by atoms with E-state index in [2.05, 4.69) is 13.8 Å². The van der Waals surface area contributed by atoms with Gasteiger partial charge in [-0.15, -0.1) is 0 Å². The lowest BCUT2D eigenvalue weighted by atomic mass is 9.82. The van der Waals surface area contributed by atoms with Crippen LogP contribution in [0.3, 0.4) is 0 Å². The molecule has 0 spiro atoms. The fourth-order valence-corrected chi connectivity index (χ4v) is 4.95. The van der Waals surface area contributed by atoms with Crippen LogP contribution in [0.1, 0.15) is 44.2 Å². The van der Waals surface area contributed by atoms with E-state index in [1.807, 2.05) is 19.1 Å². The molecule has 0 unspecified atom stereocenters. The zero-order valence-corrected chi connectivity index (χ0v) is 14.0. The minimum absolute atomic E-state index is 0.151. The molecule has 0 bridgehead atoms. The number of nitrogens with zero attached hydrogens (tertiary/aromatic N) is 1. The molecule has 0 aromatic heterocycles. The maximum atomic E-state index is 12.9. The highest BCUT2D eigenvalue weighted by atomic mass is 32.2. The van der Waals surface area contributed by atoms with E-state index >= 15 is 0 Å². The Kier molecular flexibility index (Phi) is 4.76. The Hall–Kier alpha value is -0.910. The SMILES string of the molecule is CCC1(CC)CCN(S(=O)(=O)c2ccc(CN)cc2C)C1. The zero-order valence-electron chi connectivity index (χ0n) is 13.2. The fourth-order valence-electron chi connectivity index (χ4n) is 3.19. The topological polar surface area (TPSA) is 63.4 Å². The molecule has 1 aromatic rings. The second-order valence-electron chi connectivity index (χ2n) is 6.10. The molecule has 0 radical (unpaired) electrons. The van der Waals surface area contributed by atoms with Crippen molar-refractivity contribution < 1.29 is 8.42 Å². The van der Waals surface area contributed by atoms with Crippen LogP contribution in [0.5, 0.6) is 0 Å². The summed E-state index contributed by atoms with van der Waals surface area (Å²) in [5, 5.41) is 0. The van der Waals surface area contributed by atoms with Crippen molar-refractivity contribution in [1.29, 1.82) is 0 Å². The maximum absolute atomic E-state index is 12.9. The minimum Gasteiger partial charge on any atom is -0.326 e. The molecule has 0 saturated carbocycles. The molecule has 2 N–H and O–H groups in total. The molecule has 5 heteroatoms. The van der Waals surface area contributed by atoms with Crippen LogP contribution < -0.4 is 5.73 Å². The summed E-state index contributed by atoms with van der Waals surface area (Å²) in [4.78, 5) is 0.419. The quantitative estimate of drug-likeness (QED) is 0.909. The third-order valence-electron chi connectivity index (χ3n) is 5.00. The van der Waals surface area contributed by atoms with Gasteiger partial charge in [0.1, 0.15) is 0 Å². The molecule has 2 rings (SSSR count). The lowest BCUT2D eigenvalue weighted by molar-refractivity contribution is 0.279. The van der Waals surface area contributed by atoms with Crippen LogP contribution in [0.2, 0.25) is 0 Å². The van der Waals surface area contributed by atoms with Gasteiger partial charge in [0.25, 0.3) is 0 Å². The van der Waals surface area contributed by atoms with Gasteiger partial charge in [-0.2, -0.15) is 4.31 Å². The predicted molar refractivity (Wildman–Crippen MR) is 85.5 cm³/mol. The van der Waals surface area contributed by atoms with E-state index in [4.69, 9.17) is 5.73 Å². The van der Waals surface area contributed by atoms with Crippen LogP contribution >= 0.6 is 0 Å². The van der Waals surface area contributed by atoms with Gasteiger partial charge in [-0.25, -0.2) is 8.42 Å². The molecule has 1 aliphatic rings. The van der Waals surface area contributed by atoms with E-state index in [-0.39, 0.29) is 5.41 Å². The summed E-state index contributed by atoms with van der Waals surface area (Å²) in [5.74, 6) is 0. The summed E-state index contributed by atoms with van der Waals surface area (Å²) in [7, 11) is -3.39. The van der Waals surface area contributed by atoms with Crippen molar-refractivity contribution in [3.63, 3.8) is 0 Å². The largest absolute Gasteiger partial charge is 0.326 e. The van der Waals surface area contributed by atoms with Crippen molar-refractivity contribution in [1.82, 2.24) is 4.31 Å². The first kappa shape index (κ1) is 16.5. The van der Waals surface area contributed by atoms with Crippen LogP contribution in [-0.4, -0.2) is 25.8 Å². The van der Waals surface area contributed by atoms with Gasteiger partial charge in [-0.05, 0) is 48.8 Å². The fraction of sp³-hybridized carbons (Fsp3) is 0.625. The molecule has 118 valence electrons. The highest BCUT2D eigenvalue weighted by Crippen LogP contribution is 2.39. The van der Waals surface area contributed by atoms with E-state index in [0.717, 1.165) is 30.4 Å². The summed E-state index contributed by atoms with van der Waals surface area (Å²) < 4.78 is 27.4. The van der Waals surface area contributed by atoms with Crippen molar-refractivity contribution in [3.05, 3.63) is 29.3 Å². The number of hydrogen-bond donors (Lipinski definition) is 1.